The zero-order chi connectivity index (χ0) is 13.2. The van der Waals surface area contributed by atoms with Crippen LogP contribution in [0.25, 0.3) is 10.2 Å². The highest BCUT2D eigenvalue weighted by atomic mass is 32.1. The Hall–Kier alpha value is -2.51. The molecule has 0 aliphatic heterocycles. The molecule has 0 saturated heterocycles. The number of aromatic nitrogens is 1. The molecule has 19 heavy (non-hydrogen) atoms. The van der Waals surface area contributed by atoms with Gasteiger partial charge in [-0.1, -0.05) is 30.3 Å². The van der Waals surface area contributed by atoms with E-state index in [1.54, 1.807) is 30.3 Å². The van der Waals surface area contributed by atoms with E-state index in [2.05, 4.69) is 4.98 Å². The fourth-order valence-electron chi connectivity index (χ4n) is 1.87. The number of hydrogen-bond donors (Lipinski definition) is 0. The van der Waals surface area contributed by atoms with Gasteiger partial charge in [-0.25, -0.2) is 4.98 Å². The summed E-state index contributed by atoms with van der Waals surface area (Å²) in [7, 11) is 0. The molecule has 0 saturated carbocycles. The second-order valence-electron chi connectivity index (χ2n) is 4.01. The zero-order valence-corrected chi connectivity index (χ0v) is 10.6. The Morgan fingerprint density at radius 3 is 2.63 bits per heavy atom. The molecule has 2 aromatic carbocycles. The number of rotatable bonds is 2. The standard InChI is InChI=1S/C15H8N2OS/c16-9-14-17-12-7-6-11(8-13(12)19-14)15(18)10-4-2-1-3-5-10/h1-8H. The number of fused-ring (bicyclic) bond motifs is 1. The smallest absolute Gasteiger partial charge is 0.195 e. The summed E-state index contributed by atoms with van der Waals surface area (Å²) < 4.78 is 0.860. The second kappa shape index (κ2) is 4.63. The predicted molar refractivity (Wildman–Crippen MR) is 74.2 cm³/mol. The molecule has 0 atom stereocenters. The van der Waals surface area contributed by atoms with Crippen molar-refractivity contribution in [3.05, 3.63) is 64.7 Å². The summed E-state index contributed by atoms with van der Waals surface area (Å²) in [6.07, 6.45) is 0. The Balaban J connectivity index is 2.06. The maximum Gasteiger partial charge on any atom is 0.195 e. The highest BCUT2D eigenvalue weighted by Crippen LogP contribution is 2.23. The lowest BCUT2D eigenvalue weighted by molar-refractivity contribution is 0.103. The first kappa shape index (κ1) is 11.6. The van der Waals surface area contributed by atoms with Gasteiger partial charge in [0.2, 0.25) is 0 Å². The van der Waals surface area contributed by atoms with Gasteiger partial charge in [-0.3, -0.25) is 4.79 Å². The first-order chi connectivity index (χ1) is 9.28. The summed E-state index contributed by atoms with van der Waals surface area (Å²) in [5, 5.41) is 9.24. The average Bonchev–Trinajstić information content (AvgIpc) is 2.89. The summed E-state index contributed by atoms with van der Waals surface area (Å²) in [5.41, 5.74) is 2.03. The molecule has 1 aromatic heterocycles. The summed E-state index contributed by atoms with van der Waals surface area (Å²) in [6.45, 7) is 0. The van der Waals surface area contributed by atoms with E-state index < -0.39 is 0 Å². The van der Waals surface area contributed by atoms with Gasteiger partial charge in [0.05, 0.1) is 10.2 Å². The number of hydrogen-bond acceptors (Lipinski definition) is 4. The van der Waals surface area contributed by atoms with E-state index >= 15 is 0 Å². The number of nitrogens with zero attached hydrogens (tertiary/aromatic N) is 2. The van der Waals surface area contributed by atoms with Crippen molar-refractivity contribution in [1.29, 1.82) is 5.26 Å². The normalized spacial score (nSPS) is 10.3. The van der Waals surface area contributed by atoms with Gasteiger partial charge in [0.25, 0.3) is 0 Å². The molecule has 0 aliphatic carbocycles. The SMILES string of the molecule is N#Cc1nc2ccc(C(=O)c3ccccc3)cc2s1. The number of ketones is 1. The van der Waals surface area contributed by atoms with Crippen molar-refractivity contribution in [3.63, 3.8) is 0 Å². The van der Waals surface area contributed by atoms with Crippen molar-refractivity contribution >= 4 is 27.3 Å². The second-order valence-corrected chi connectivity index (χ2v) is 5.04. The number of benzene rings is 2. The van der Waals surface area contributed by atoms with Crippen LogP contribution in [-0.4, -0.2) is 10.8 Å². The van der Waals surface area contributed by atoms with Crippen molar-refractivity contribution < 1.29 is 4.79 Å². The van der Waals surface area contributed by atoms with Crippen LogP contribution >= 0.6 is 11.3 Å². The van der Waals surface area contributed by atoms with Crippen LogP contribution in [0, 0.1) is 11.3 Å². The number of thiazole rings is 1. The molecule has 1 heterocycles. The third-order valence-electron chi connectivity index (χ3n) is 2.78. The van der Waals surface area contributed by atoms with Gasteiger partial charge < -0.3 is 0 Å². The van der Waals surface area contributed by atoms with E-state index in [1.165, 1.54) is 11.3 Å². The molecule has 0 spiro atoms. The monoisotopic (exact) mass is 264 g/mol. The highest BCUT2D eigenvalue weighted by molar-refractivity contribution is 7.19. The van der Waals surface area contributed by atoms with E-state index in [4.69, 9.17) is 5.26 Å². The molecule has 0 aliphatic rings. The van der Waals surface area contributed by atoms with Gasteiger partial charge in [0, 0.05) is 11.1 Å². The molecule has 0 unspecified atom stereocenters. The molecule has 4 heteroatoms. The first-order valence-corrected chi connectivity index (χ1v) is 6.50. The molecular weight excluding hydrogens is 256 g/mol. The van der Waals surface area contributed by atoms with Crippen LogP contribution < -0.4 is 0 Å². The Morgan fingerprint density at radius 1 is 1.11 bits per heavy atom. The first-order valence-electron chi connectivity index (χ1n) is 5.68. The maximum absolute atomic E-state index is 12.3. The van der Waals surface area contributed by atoms with Crippen LogP contribution in [0.2, 0.25) is 0 Å². The van der Waals surface area contributed by atoms with Crippen LogP contribution in [0.4, 0.5) is 0 Å². The third kappa shape index (κ3) is 2.12. The van der Waals surface area contributed by atoms with Crippen molar-refractivity contribution in [2.45, 2.75) is 0 Å². The van der Waals surface area contributed by atoms with Crippen LogP contribution in [0.15, 0.2) is 48.5 Å². The van der Waals surface area contributed by atoms with Crippen LogP contribution in [0.1, 0.15) is 20.9 Å². The summed E-state index contributed by atoms with van der Waals surface area (Å²) in [5.74, 6) is -0.0191. The van der Waals surface area contributed by atoms with E-state index in [0.29, 0.717) is 16.1 Å². The topological polar surface area (TPSA) is 53.8 Å². The largest absolute Gasteiger partial charge is 0.289 e. The molecule has 0 N–H and O–H groups in total. The van der Waals surface area contributed by atoms with Gasteiger partial charge >= 0.3 is 0 Å². The Bertz CT molecular complexity index is 800. The van der Waals surface area contributed by atoms with Gasteiger partial charge in [-0.2, -0.15) is 5.26 Å². The molecule has 90 valence electrons. The van der Waals surface area contributed by atoms with E-state index in [9.17, 15) is 4.79 Å². The van der Waals surface area contributed by atoms with Gasteiger partial charge in [0.15, 0.2) is 10.8 Å². The fraction of sp³-hybridized carbons (Fsp3) is 0. The highest BCUT2D eigenvalue weighted by Gasteiger charge is 2.11. The lowest BCUT2D eigenvalue weighted by Gasteiger charge is -2.00. The maximum atomic E-state index is 12.3. The molecule has 3 aromatic rings. The van der Waals surface area contributed by atoms with Crippen molar-refractivity contribution in [2.75, 3.05) is 0 Å². The lowest BCUT2D eigenvalue weighted by atomic mass is 10.0. The molecule has 3 nitrogen and oxygen atoms in total. The van der Waals surface area contributed by atoms with Gasteiger partial charge in [-0.05, 0) is 18.2 Å². The quantitative estimate of drug-likeness (QED) is 0.666. The van der Waals surface area contributed by atoms with Crippen LogP contribution in [0.5, 0.6) is 0 Å². The fourth-order valence-corrected chi connectivity index (χ4v) is 2.67. The minimum Gasteiger partial charge on any atom is -0.289 e. The van der Waals surface area contributed by atoms with Crippen LogP contribution in [0.3, 0.4) is 0 Å². The zero-order valence-electron chi connectivity index (χ0n) is 9.83. The summed E-state index contributed by atoms with van der Waals surface area (Å²) in [6, 6.07) is 16.5. The van der Waals surface area contributed by atoms with E-state index in [0.717, 1.165) is 10.2 Å². The van der Waals surface area contributed by atoms with Crippen molar-refractivity contribution in [2.24, 2.45) is 0 Å². The molecule has 0 bridgehead atoms. The number of nitriles is 1. The van der Waals surface area contributed by atoms with Crippen molar-refractivity contribution in [1.82, 2.24) is 4.98 Å². The average molecular weight is 264 g/mol. The van der Waals surface area contributed by atoms with E-state index in [-0.39, 0.29) is 5.78 Å². The molecular formula is C15H8N2OS. The predicted octanol–water partition coefficient (Wildman–Crippen LogP) is 3.40. The number of carbonyl (C=O) groups is 1. The molecule has 0 fully saturated rings. The van der Waals surface area contributed by atoms with E-state index in [1.807, 2.05) is 24.3 Å². The summed E-state index contributed by atoms with van der Waals surface area (Å²) in [4.78, 5) is 16.4. The van der Waals surface area contributed by atoms with Crippen molar-refractivity contribution in [3.8, 4) is 6.07 Å². The minimum absolute atomic E-state index is 0.0191. The number of carbonyl (C=O) groups excluding carboxylic acids is 1. The molecule has 0 radical (unpaired) electrons. The molecule has 0 amide bonds. The van der Waals surface area contributed by atoms with Gasteiger partial charge in [0.1, 0.15) is 6.07 Å². The van der Waals surface area contributed by atoms with Gasteiger partial charge in [-0.15, -0.1) is 11.3 Å². The lowest BCUT2D eigenvalue weighted by Crippen LogP contribution is -2.00. The Labute approximate surface area is 113 Å². The summed E-state index contributed by atoms with van der Waals surface area (Å²) >= 11 is 1.30. The Kier molecular flexibility index (Phi) is 2.82. The molecule has 3 rings (SSSR count). The van der Waals surface area contributed by atoms with Crippen LogP contribution in [-0.2, 0) is 0 Å². The third-order valence-corrected chi connectivity index (χ3v) is 3.71. The minimum atomic E-state index is -0.0191. The Morgan fingerprint density at radius 2 is 1.89 bits per heavy atom.